The second kappa shape index (κ2) is 5.21. The number of carbonyl (C=O) groups is 1. The number of hydrogen-bond acceptors (Lipinski definition) is 2. The number of amides is 1. The number of anilines is 1. The van der Waals surface area contributed by atoms with Crippen LogP contribution in [0, 0.1) is 13.8 Å². The van der Waals surface area contributed by atoms with Gasteiger partial charge in [0.05, 0.1) is 6.42 Å². The van der Waals surface area contributed by atoms with E-state index in [1.54, 1.807) is 19.1 Å². The molecule has 0 saturated carbocycles. The fourth-order valence-corrected chi connectivity index (χ4v) is 1.49. The topological polar surface area (TPSA) is 49.3 Å². The van der Waals surface area contributed by atoms with Gasteiger partial charge < -0.3 is 10.4 Å². The Bertz CT molecular complexity index is 481. The Hall–Kier alpha value is -1.56. The Morgan fingerprint density at radius 2 is 1.89 bits per heavy atom. The highest BCUT2D eigenvalue weighted by Gasteiger charge is 2.50. The van der Waals surface area contributed by atoms with E-state index in [2.05, 4.69) is 5.32 Å². The monoisotopic (exact) mass is 275 g/mol. The zero-order valence-corrected chi connectivity index (χ0v) is 10.9. The van der Waals surface area contributed by atoms with Crippen molar-refractivity contribution in [2.75, 3.05) is 5.32 Å². The predicted octanol–water partition coefficient (Wildman–Crippen LogP) is 2.95. The smallest absolute Gasteiger partial charge is 0.380 e. The lowest BCUT2D eigenvalue weighted by molar-refractivity contribution is -0.252. The molecule has 1 aromatic carbocycles. The fourth-order valence-electron chi connectivity index (χ4n) is 1.49. The first-order chi connectivity index (χ1) is 8.54. The summed E-state index contributed by atoms with van der Waals surface area (Å²) in [5.74, 6) is -0.879. The van der Waals surface area contributed by atoms with Gasteiger partial charge in [-0.05, 0) is 38.0 Å². The fraction of sp³-hybridized carbons (Fsp3) is 0.462. The molecule has 2 N–H and O–H groups in total. The van der Waals surface area contributed by atoms with E-state index >= 15 is 0 Å². The molecule has 0 fully saturated rings. The summed E-state index contributed by atoms with van der Waals surface area (Å²) in [7, 11) is 0. The maximum atomic E-state index is 12.4. The standard InChI is InChI=1S/C13H16F3NO2/c1-8-5-4-6-10(9(8)2)17-11(18)7-12(3,19)13(14,15)16/h4-6,19H,7H2,1-3H3,(H,17,18)/t12-/m0/s1. The van der Waals surface area contributed by atoms with Crippen molar-refractivity contribution in [2.45, 2.75) is 39.0 Å². The number of halogens is 3. The lowest BCUT2D eigenvalue weighted by atomic mass is 10.0. The summed E-state index contributed by atoms with van der Waals surface area (Å²) >= 11 is 0. The van der Waals surface area contributed by atoms with Crippen molar-refractivity contribution in [3.8, 4) is 0 Å². The van der Waals surface area contributed by atoms with Gasteiger partial charge in [-0.1, -0.05) is 12.1 Å². The highest BCUT2D eigenvalue weighted by Crippen LogP contribution is 2.33. The molecule has 6 heteroatoms. The summed E-state index contributed by atoms with van der Waals surface area (Å²) < 4.78 is 37.3. The van der Waals surface area contributed by atoms with E-state index in [0.29, 0.717) is 12.6 Å². The van der Waals surface area contributed by atoms with E-state index in [1.165, 1.54) is 0 Å². The minimum Gasteiger partial charge on any atom is -0.380 e. The Balaban J connectivity index is 2.79. The highest BCUT2D eigenvalue weighted by atomic mass is 19.4. The largest absolute Gasteiger partial charge is 0.417 e. The molecule has 1 amide bonds. The van der Waals surface area contributed by atoms with Crippen molar-refractivity contribution in [1.82, 2.24) is 0 Å². The van der Waals surface area contributed by atoms with Gasteiger partial charge in [0.15, 0.2) is 5.60 Å². The molecule has 0 aromatic heterocycles. The zero-order chi connectivity index (χ0) is 14.8. The molecule has 106 valence electrons. The first-order valence-corrected chi connectivity index (χ1v) is 5.70. The number of hydrogen-bond donors (Lipinski definition) is 2. The molecule has 0 unspecified atom stereocenters. The van der Waals surface area contributed by atoms with Crippen LogP contribution in [0.15, 0.2) is 18.2 Å². The molecule has 3 nitrogen and oxygen atoms in total. The third-order valence-electron chi connectivity index (χ3n) is 2.99. The molecule has 0 aliphatic heterocycles. The number of rotatable bonds is 3. The van der Waals surface area contributed by atoms with Gasteiger partial charge in [-0.25, -0.2) is 0 Å². The van der Waals surface area contributed by atoms with Gasteiger partial charge in [-0.3, -0.25) is 4.79 Å². The normalized spacial score (nSPS) is 14.9. The van der Waals surface area contributed by atoms with E-state index in [1.807, 2.05) is 13.0 Å². The van der Waals surface area contributed by atoms with Crippen molar-refractivity contribution < 1.29 is 23.1 Å². The Morgan fingerprint density at radius 3 is 2.42 bits per heavy atom. The number of aliphatic hydroxyl groups is 1. The van der Waals surface area contributed by atoms with Gasteiger partial charge in [0.2, 0.25) is 5.91 Å². The number of aryl methyl sites for hydroxylation is 1. The third-order valence-corrected chi connectivity index (χ3v) is 2.99. The molecule has 1 rings (SSSR count). The molecule has 0 radical (unpaired) electrons. The summed E-state index contributed by atoms with van der Waals surface area (Å²) in [4.78, 5) is 11.6. The molecule has 0 heterocycles. The molecule has 0 aliphatic carbocycles. The molecular weight excluding hydrogens is 259 g/mol. The number of nitrogens with one attached hydrogen (secondary N) is 1. The zero-order valence-electron chi connectivity index (χ0n) is 10.9. The van der Waals surface area contributed by atoms with Crippen LogP contribution in [-0.2, 0) is 4.79 Å². The first-order valence-electron chi connectivity index (χ1n) is 5.70. The summed E-state index contributed by atoms with van der Waals surface area (Å²) in [6.07, 6.45) is -5.88. The maximum Gasteiger partial charge on any atom is 0.417 e. The predicted molar refractivity (Wildman–Crippen MR) is 65.8 cm³/mol. The van der Waals surface area contributed by atoms with Gasteiger partial charge >= 0.3 is 6.18 Å². The van der Waals surface area contributed by atoms with Crippen molar-refractivity contribution in [3.63, 3.8) is 0 Å². The molecular formula is C13H16F3NO2. The lowest BCUT2D eigenvalue weighted by Gasteiger charge is -2.25. The van der Waals surface area contributed by atoms with Crippen LogP contribution in [0.1, 0.15) is 24.5 Å². The van der Waals surface area contributed by atoms with Crippen LogP contribution in [-0.4, -0.2) is 22.8 Å². The van der Waals surface area contributed by atoms with Gasteiger partial charge in [0, 0.05) is 5.69 Å². The molecule has 0 saturated heterocycles. The summed E-state index contributed by atoms with van der Waals surface area (Å²) in [6.45, 7) is 4.17. The Morgan fingerprint density at radius 1 is 1.32 bits per heavy atom. The van der Waals surface area contributed by atoms with E-state index < -0.39 is 24.1 Å². The summed E-state index contributed by atoms with van der Waals surface area (Å²) in [5, 5.41) is 11.6. The van der Waals surface area contributed by atoms with Crippen LogP contribution in [0.3, 0.4) is 0 Å². The summed E-state index contributed by atoms with van der Waals surface area (Å²) in [6, 6.07) is 5.12. The van der Waals surface area contributed by atoms with Gasteiger partial charge in [-0.15, -0.1) is 0 Å². The number of carbonyl (C=O) groups excluding carboxylic acids is 1. The van der Waals surface area contributed by atoms with Crippen LogP contribution in [0.4, 0.5) is 18.9 Å². The molecule has 0 bridgehead atoms. The van der Waals surface area contributed by atoms with Crippen LogP contribution in [0.5, 0.6) is 0 Å². The molecule has 1 atom stereocenters. The van der Waals surface area contributed by atoms with Crippen LogP contribution in [0.2, 0.25) is 0 Å². The van der Waals surface area contributed by atoms with E-state index in [9.17, 15) is 23.1 Å². The molecule has 1 aromatic rings. The first kappa shape index (κ1) is 15.5. The maximum absolute atomic E-state index is 12.4. The molecule has 0 aliphatic rings. The average Bonchev–Trinajstić information content (AvgIpc) is 2.22. The lowest BCUT2D eigenvalue weighted by Crippen LogP contribution is -2.44. The molecule has 19 heavy (non-hydrogen) atoms. The van der Waals surface area contributed by atoms with Gasteiger partial charge in [-0.2, -0.15) is 13.2 Å². The van der Waals surface area contributed by atoms with Crippen LogP contribution < -0.4 is 5.32 Å². The van der Waals surface area contributed by atoms with Crippen molar-refractivity contribution in [3.05, 3.63) is 29.3 Å². The summed E-state index contributed by atoms with van der Waals surface area (Å²) in [5.41, 5.74) is -0.889. The second-order valence-electron chi connectivity index (χ2n) is 4.74. The number of benzene rings is 1. The van der Waals surface area contributed by atoms with Crippen molar-refractivity contribution >= 4 is 11.6 Å². The van der Waals surface area contributed by atoms with Gasteiger partial charge in [0.1, 0.15) is 0 Å². The quantitative estimate of drug-likeness (QED) is 0.891. The Labute approximate surface area is 109 Å². The average molecular weight is 275 g/mol. The van der Waals surface area contributed by atoms with Gasteiger partial charge in [0.25, 0.3) is 0 Å². The minimum atomic E-state index is -4.84. The minimum absolute atomic E-state index is 0.447. The third kappa shape index (κ3) is 3.70. The molecule has 0 spiro atoms. The van der Waals surface area contributed by atoms with E-state index in [4.69, 9.17) is 0 Å². The SMILES string of the molecule is Cc1cccc(NC(=O)C[C@](C)(O)C(F)(F)F)c1C. The highest BCUT2D eigenvalue weighted by molar-refractivity contribution is 5.92. The van der Waals surface area contributed by atoms with Crippen LogP contribution in [0.25, 0.3) is 0 Å². The van der Waals surface area contributed by atoms with E-state index in [-0.39, 0.29) is 0 Å². The van der Waals surface area contributed by atoms with Crippen molar-refractivity contribution in [2.24, 2.45) is 0 Å². The number of alkyl halides is 3. The van der Waals surface area contributed by atoms with E-state index in [0.717, 1.165) is 11.1 Å². The van der Waals surface area contributed by atoms with Crippen LogP contribution >= 0.6 is 0 Å². The van der Waals surface area contributed by atoms with Crippen molar-refractivity contribution in [1.29, 1.82) is 0 Å². The second-order valence-corrected chi connectivity index (χ2v) is 4.74. The Kier molecular flexibility index (Phi) is 4.25.